The number of rotatable bonds is 3. The Morgan fingerprint density at radius 2 is 2.28 bits per heavy atom. The van der Waals surface area contributed by atoms with Crippen molar-refractivity contribution in [3.05, 3.63) is 23.3 Å². The third-order valence-corrected chi connectivity index (χ3v) is 3.41. The van der Waals surface area contributed by atoms with Gasteiger partial charge in [0.05, 0.1) is 17.4 Å². The van der Waals surface area contributed by atoms with Gasteiger partial charge in [0.15, 0.2) is 0 Å². The van der Waals surface area contributed by atoms with Crippen LogP contribution in [-0.4, -0.2) is 33.6 Å². The summed E-state index contributed by atoms with van der Waals surface area (Å²) in [6.45, 7) is 4.22. The van der Waals surface area contributed by atoms with Crippen molar-refractivity contribution >= 4 is 5.91 Å². The summed E-state index contributed by atoms with van der Waals surface area (Å²) >= 11 is 0. The molecule has 1 aromatic rings. The van der Waals surface area contributed by atoms with Crippen LogP contribution in [0.1, 0.15) is 41.1 Å². The summed E-state index contributed by atoms with van der Waals surface area (Å²) in [6.07, 6.45) is 3.97. The second-order valence-corrected chi connectivity index (χ2v) is 4.96. The van der Waals surface area contributed by atoms with Crippen molar-refractivity contribution < 1.29 is 9.90 Å². The number of carbonyl (C=O) groups is 1. The molecule has 0 bridgehead atoms. The maximum atomic E-state index is 12.0. The summed E-state index contributed by atoms with van der Waals surface area (Å²) in [5.41, 5.74) is 1.23. The smallest absolute Gasteiger partial charge is 0.254 e. The van der Waals surface area contributed by atoms with E-state index in [-0.39, 0.29) is 12.0 Å². The summed E-state index contributed by atoms with van der Waals surface area (Å²) in [4.78, 5) is 20.2. The van der Waals surface area contributed by atoms with E-state index in [1.165, 1.54) is 0 Å². The minimum Gasteiger partial charge on any atom is -0.393 e. The molecule has 1 aliphatic carbocycles. The minimum absolute atomic E-state index is 0.131. The predicted molar refractivity (Wildman–Crippen MR) is 67.2 cm³/mol. The molecule has 0 spiro atoms. The second kappa shape index (κ2) is 5.44. The lowest BCUT2D eigenvalue weighted by atomic mass is 10.1. The Balaban J connectivity index is 1.91. The monoisotopic (exact) mass is 249 g/mol. The third kappa shape index (κ3) is 3.04. The number of hydrogen-bond acceptors (Lipinski definition) is 4. The van der Waals surface area contributed by atoms with Gasteiger partial charge in [-0.1, -0.05) is 0 Å². The molecule has 1 aliphatic rings. The highest BCUT2D eigenvalue weighted by molar-refractivity contribution is 5.94. The van der Waals surface area contributed by atoms with Gasteiger partial charge in [0.1, 0.15) is 5.82 Å². The van der Waals surface area contributed by atoms with E-state index in [1.807, 2.05) is 6.92 Å². The number of hydrogen-bond donors (Lipinski definition) is 2. The molecular formula is C13H19N3O2. The first-order valence-electron chi connectivity index (χ1n) is 6.32. The average Bonchev–Trinajstić information content (AvgIpc) is 2.72. The molecule has 1 amide bonds. The van der Waals surface area contributed by atoms with Crippen LogP contribution < -0.4 is 5.32 Å². The average molecular weight is 249 g/mol. The van der Waals surface area contributed by atoms with Crippen molar-refractivity contribution in [2.45, 2.75) is 39.2 Å². The molecular weight excluding hydrogens is 230 g/mol. The molecule has 2 rings (SSSR count). The molecule has 2 N–H and O–H groups in total. The van der Waals surface area contributed by atoms with Crippen LogP contribution in [-0.2, 0) is 0 Å². The zero-order valence-electron chi connectivity index (χ0n) is 10.8. The lowest BCUT2D eigenvalue weighted by molar-refractivity contribution is 0.0943. The fourth-order valence-corrected chi connectivity index (χ4v) is 2.37. The number of nitrogens with zero attached hydrogens (tertiary/aromatic N) is 2. The molecule has 0 unspecified atom stereocenters. The molecule has 1 heterocycles. The Morgan fingerprint density at radius 3 is 2.89 bits per heavy atom. The molecule has 0 aliphatic heterocycles. The SMILES string of the molecule is Cc1ncc(C(=O)NC[C@H]2CC[C@@H](O)C2)c(C)n1. The number of aryl methyl sites for hydroxylation is 2. The quantitative estimate of drug-likeness (QED) is 0.837. The molecule has 98 valence electrons. The van der Waals surface area contributed by atoms with Crippen molar-refractivity contribution in [1.29, 1.82) is 0 Å². The van der Waals surface area contributed by atoms with Gasteiger partial charge in [-0.05, 0) is 39.0 Å². The number of aliphatic hydroxyl groups excluding tert-OH is 1. The fraction of sp³-hybridized carbons (Fsp3) is 0.615. The van der Waals surface area contributed by atoms with E-state index in [0.29, 0.717) is 29.5 Å². The minimum atomic E-state index is -0.198. The van der Waals surface area contributed by atoms with Crippen LogP contribution in [0.4, 0.5) is 0 Å². The number of aromatic nitrogens is 2. The van der Waals surface area contributed by atoms with E-state index in [4.69, 9.17) is 0 Å². The largest absolute Gasteiger partial charge is 0.393 e. The first-order valence-corrected chi connectivity index (χ1v) is 6.32. The molecule has 1 fully saturated rings. The Morgan fingerprint density at radius 1 is 1.50 bits per heavy atom. The van der Waals surface area contributed by atoms with E-state index in [2.05, 4.69) is 15.3 Å². The zero-order chi connectivity index (χ0) is 13.1. The molecule has 5 nitrogen and oxygen atoms in total. The lowest BCUT2D eigenvalue weighted by Crippen LogP contribution is -2.29. The van der Waals surface area contributed by atoms with Crippen molar-refractivity contribution in [1.82, 2.24) is 15.3 Å². The van der Waals surface area contributed by atoms with Gasteiger partial charge in [-0.25, -0.2) is 9.97 Å². The van der Waals surface area contributed by atoms with E-state index in [0.717, 1.165) is 19.3 Å². The normalized spacial score (nSPS) is 23.1. The topological polar surface area (TPSA) is 75.1 Å². The van der Waals surface area contributed by atoms with Gasteiger partial charge in [0.25, 0.3) is 5.91 Å². The molecule has 0 aromatic carbocycles. The van der Waals surface area contributed by atoms with E-state index in [9.17, 15) is 9.90 Å². The standard InChI is InChI=1S/C13H19N3O2/c1-8-12(7-14-9(2)16-8)13(18)15-6-10-3-4-11(17)5-10/h7,10-11,17H,3-6H2,1-2H3,(H,15,18)/t10-,11+/m0/s1. The van der Waals surface area contributed by atoms with E-state index < -0.39 is 0 Å². The van der Waals surface area contributed by atoms with Gasteiger partial charge in [-0.2, -0.15) is 0 Å². The number of amides is 1. The summed E-state index contributed by atoms with van der Waals surface area (Å²) in [6, 6.07) is 0. The molecule has 0 radical (unpaired) electrons. The van der Waals surface area contributed by atoms with Gasteiger partial charge in [-0.15, -0.1) is 0 Å². The lowest BCUT2D eigenvalue weighted by Gasteiger charge is -2.11. The van der Waals surface area contributed by atoms with Crippen LogP contribution in [0.3, 0.4) is 0 Å². The first kappa shape index (κ1) is 13.0. The van der Waals surface area contributed by atoms with Gasteiger partial charge in [-0.3, -0.25) is 4.79 Å². The van der Waals surface area contributed by atoms with E-state index >= 15 is 0 Å². The van der Waals surface area contributed by atoms with Crippen molar-refractivity contribution in [2.24, 2.45) is 5.92 Å². The van der Waals surface area contributed by atoms with Crippen molar-refractivity contribution in [3.63, 3.8) is 0 Å². The predicted octanol–water partition coefficient (Wildman–Crippen LogP) is 0.984. The summed E-state index contributed by atoms with van der Waals surface area (Å²) in [5.74, 6) is 0.924. The zero-order valence-corrected chi connectivity index (χ0v) is 10.8. The highest BCUT2D eigenvalue weighted by Crippen LogP contribution is 2.24. The van der Waals surface area contributed by atoms with Crippen LogP contribution in [0, 0.1) is 19.8 Å². The maximum absolute atomic E-state index is 12.0. The van der Waals surface area contributed by atoms with Crippen molar-refractivity contribution in [2.75, 3.05) is 6.54 Å². The summed E-state index contributed by atoms with van der Waals surface area (Å²) in [5, 5.41) is 12.3. The molecule has 1 aromatic heterocycles. The Bertz CT molecular complexity index is 448. The van der Waals surface area contributed by atoms with Crippen LogP contribution in [0.25, 0.3) is 0 Å². The van der Waals surface area contributed by atoms with E-state index in [1.54, 1.807) is 13.1 Å². The Hall–Kier alpha value is -1.49. The molecule has 18 heavy (non-hydrogen) atoms. The van der Waals surface area contributed by atoms with Crippen LogP contribution in [0.2, 0.25) is 0 Å². The molecule has 0 saturated heterocycles. The summed E-state index contributed by atoms with van der Waals surface area (Å²) in [7, 11) is 0. The van der Waals surface area contributed by atoms with Gasteiger partial charge in [0, 0.05) is 12.7 Å². The number of aliphatic hydroxyl groups is 1. The third-order valence-electron chi connectivity index (χ3n) is 3.41. The number of nitrogens with one attached hydrogen (secondary N) is 1. The first-order chi connectivity index (χ1) is 8.56. The van der Waals surface area contributed by atoms with Crippen LogP contribution in [0.15, 0.2) is 6.20 Å². The van der Waals surface area contributed by atoms with Gasteiger partial charge >= 0.3 is 0 Å². The van der Waals surface area contributed by atoms with Gasteiger partial charge in [0.2, 0.25) is 0 Å². The fourth-order valence-electron chi connectivity index (χ4n) is 2.37. The van der Waals surface area contributed by atoms with Crippen LogP contribution >= 0.6 is 0 Å². The highest BCUT2D eigenvalue weighted by atomic mass is 16.3. The van der Waals surface area contributed by atoms with Gasteiger partial charge < -0.3 is 10.4 Å². The Labute approximate surface area is 107 Å². The number of carbonyl (C=O) groups excluding carboxylic acids is 1. The molecule has 1 saturated carbocycles. The second-order valence-electron chi connectivity index (χ2n) is 4.96. The Kier molecular flexibility index (Phi) is 3.91. The van der Waals surface area contributed by atoms with Crippen molar-refractivity contribution in [3.8, 4) is 0 Å². The summed E-state index contributed by atoms with van der Waals surface area (Å²) < 4.78 is 0. The molecule has 5 heteroatoms. The molecule has 2 atom stereocenters. The van der Waals surface area contributed by atoms with Crippen LogP contribution in [0.5, 0.6) is 0 Å². The highest BCUT2D eigenvalue weighted by Gasteiger charge is 2.23. The maximum Gasteiger partial charge on any atom is 0.254 e.